The highest BCUT2D eigenvalue weighted by Gasteiger charge is 2.39. The van der Waals surface area contributed by atoms with Gasteiger partial charge in [0.05, 0.1) is 5.75 Å². The third kappa shape index (κ3) is 3.25. The minimum atomic E-state index is -3.03. The van der Waals surface area contributed by atoms with Crippen LogP contribution in [0.25, 0.3) is 0 Å². The molecule has 0 bridgehead atoms. The molecule has 2 rings (SSSR count). The van der Waals surface area contributed by atoms with Gasteiger partial charge in [0, 0.05) is 25.2 Å². The summed E-state index contributed by atoms with van der Waals surface area (Å²) >= 11 is 0. The molecule has 1 heterocycles. The molecule has 2 aliphatic rings. The van der Waals surface area contributed by atoms with E-state index in [0.717, 1.165) is 12.5 Å². The Morgan fingerprint density at radius 2 is 2.00 bits per heavy atom. The van der Waals surface area contributed by atoms with Crippen LogP contribution < -0.4 is 4.72 Å². The Morgan fingerprint density at radius 3 is 2.72 bits per heavy atom. The topological polar surface area (TPSA) is 49.4 Å². The molecule has 0 amide bonds. The number of sulfonamides is 1. The molecule has 1 N–H and O–H groups in total. The van der Waals surface area contributed by atoms with Crippen molar-refractivity contribution in [1.29, 1.82) is 0 Å². The van der Waals surface area contributed by atoms with Crippen LogP contribution in [-0.2, 0) is 10.0 Å². The van der Waals surface area contributed by atoms with Crippen LogP contribution in [0.5, 0.6) is 0 Å². The van der Waals surface area contributed by atoms with E-state index < -0.39 is 10.0 Å². The fourth-order valence-electron chi connectivity index (χ4n) is 3.62. The van der Waals surface area contributed by atoms with Gasteiger partial charge in [0.25, 0.3) is 0 Å². The number of likely N-dealkylation sites (tertiary alicyclic amines) is 1. The second-order valence-corrected chi connectivity index (χ2v) is 7.83. The van der Waals surface area contributed by atoms with Gasteiger partial charge in [-0.05, 0) is 39.0 Å². The largest absolute Gasteiger partial charge is 0.296 e. The average molecular weight is 274 g/mol. The highest BCUT2D eigenvalue weighted by atomic mass is 32.2. The van der Waals surface area contributed by atoms with Crippen LogP contribution in [0, 0.1) is 5.92 Å². The van der Waals surface area contributed by atoms with Gasteiger partial charge in [0.1, 0.15) is 0 Å². The van der Waals surface area contributed by atoms with Gasteiger partial charge in [-0.1, -0.05) is 12.8 Å². The maximum atomic E-state index is 11.4. The maximum absolute atomic E-state index is 11.4. The van der Waals surface area contributed by atoms with Crippen LogP contribution in [-0.4, -0.2) is 44.2 Å². The Balaban J connectivity index is 1.85. The third-order valence-corrected chi connectivity index (χ3v) is 5.98. The van der Waals surface area contributed by atoms with Gasteiger partial charge in [-0.15, -0.1) is 0 Å². The molecule has 106 valence electrons. The predicted octanol–water partition coefficient (Wildman–Crippen LogP) is 1.58. The highest BCUT2D eigenvalue weighted by molar-refractivity contribution is 7.89. The first kappa shape index (κ1) is 14.3. The Kier molecular flexibility index (Phi) is 4.67. The van der Waals surface area contributed by atoms with Crippen LogP contribution in [0.15, 0.2) is 0 Å². The summed E-state index contributed by atoms with van der Waals surface area (Å²) in [6, 6.07) is 1.32. The Morgan fingerprint density at radius 1 is 1.28 bits per heavy atom. The van der Waals surface area contributed by atoms with Gasteiger partial charge in [0.15, 0.2) is 0 Å². The van der Waals surface area contributed by atoms with Crippen LogP contribution in [0.3, 0.4) is 0 Å². The lowest BCUT2D eigenvalue weighted by Crippen LogP contribution is -2.42. The van der Waals surface area contributed by atoms with Crippen molar-refractivity contribution in [2.45, 2.75) is 58.0 Å². The SMILES string of the molecule is CCS(=O)(=O)NCCN1[C@H](C)C[C@@H]2CCCC[C@H]21. The monoisotopic (exact) mass is 274 g/mol. The molecule has 3 atom stereocenters. The number of fused-ring (bicyclic) bond motifs is 1. The van der Waals surface area contributed by atoms with E-state index in [9.17, 15) is 8.42 Å². The first-order chi connectivity index (χ1) is 8.53. The summed E-state index contributed by atoms with van der Waals surface area (Å²) in [5.41, 5.74) is 0. The minimum Gasteiger partial charge on any atom is -0.296 e. The van der Waals surface area contributed by atoms with E-state index in [2.05, 4.69) is 16.5 Å². The number of nitrogens with zero attached hydrogens (tertiary/aromatic N) is 1. The van der Waals surface area contributed by atoms with Crippen molar-refractivity contribution in [3.8, 4) is 0 Å². The molecule has 2 fully saturated rings. The van der Waals surface area contributed by atoms with E-state index in [-0.39, 0.29) is 5.75 Å². The van der Waals surface area contributed by atoms with Crippen molar-refractivity contribution in [2.75, 3.05) is 18.8 Å². The quantitative estimate of drug-likeness (QED) is 0.828. The maximum Gasteiger partial charge on any atom is 0.211 e. The smallest absolute Gasteiger partial charge is 0.211 e. The molecular weight excluding hydrogens is 248 g/mol. The summed E-state index contributed by atoms with van der Waals surface area (Å²) < 4.78 is 25.5. The lowest BCUT2D eigenvalue weighted by Gasteiger charge is -2.33. The van der Waals surface area contributed by atoms with Crippen molar-refractivity contribution in [2.24, 2.45) is 5.92 Å². The zero-order valence-electron chi connectivity index (χ0n) is 11.6. The second-order valence-electron chi connectivity index (χ2n) is 5.73. The third-order valence-electron chi connectivity index (χ3n) is 4.58. The molecule has 5 heteroatoms. The second kappa shape index (κ2) is 5.88. The molecule has 0 aromatic carbocycles. The average Bonchev–Trinajstić information content (AvgIpc) is 2.66. The van der Waals surface area contributed by atoms with Crippen LogP contribution in [0.1, 0.15) is 46.0 Å². The van der Waals surface area contributed by atoms with E-state index >= 15 is 0 Å². The lowest BCUT2D eigenvalue weighted by atomic mass is 9.85. The number of hydrogen-bond donors (Lipinski definition) is 1. The number of rotatable bonds is 5. The van der Waals surface area contributed by atoms with Crippen molar-refractivity contribution in [3.63, 3.8) is 0 Å². The number of hydrogen-bond acceptors (Lipinski definition) is 3. The molecule has 1 saturated carbocycles. The fourth-order valence-corrected chi connectivity index (χ4v) is 4.22. The van der Waals surface area contributed by atoms with Crippen molar-refractivity contribution < 1.29 is 8.42 Å². The zero-order valence-corrected chi connectivity index (χ0v) is 12.4. The lowest BCUT2D eigenvalue weighted by molar-refractivity contribution is 0.160. The predicted molar refractivity (Wildman–Crippen MR) is 74.0 cm³/mol. The minimum absolute atomic E-state index is 0.175. The molecule has 0 aromatic heterocycles. The van der Waals surface area contributed by atoms with Crippen LogP contribution in [0.2, 0.25) is 0 Å². The molecule has 18 heavy (non-hydrogen) atoms. The van der Waals surface area contributed by atoms with E-state index in [1.165, 1.54) is 32.1 Å². The molecule has 1 aliphatic heterocycles. The van der Waals surface area contributed by atoms with E-state index in [0.29, 0.717) is 18.6 Å². The summed E-state index contributed by atoms with van der Waals surface area (Å²) in [7, 11) is -3.03. The normalized spacial score (nSPS) is 33.6. The summed E-state index contributed by atoms with van der Waals surface area (Å²) in [4.78, 5) is 2.53. The number of nitrogens with one attached hydrogen (secondary N) is 1. The van der Waals surface area contributed by atoms with Gasteiger partial charge < -0.3 is 0 Å². The van der Waals surface area contributed by atoms with Crippen molar-refractivity contribution in [3.05, 3.63) is 0 Å². The fraction of sp³-hybridized carbons (Fsp3) is 1.00. The first-order valence-corrected chi connectivity index (χ1v) is 8.92. The Hall–Kier alpha value is -0.130. The van der Waals surface area contributed by atoms with Gasteiger partial charge in [-0.25, -0.2) is 13.1 Å². The molecule has 0 spiro atoms. The molecule has 1 aliphatic carbocycles. The van der Waals surface area contributed by atoms with Crippen molar-refractivity contribution in [1.82, 2.24) is 9.62 Å². The summed E-state index contributed by atoms with van der Waals surface area (Å²) in [5.74, 6) is 1.03. The Labute approximate surface area is 111 Å². The molecule has 0 aromatic rings. The van der Waals surface area contributed by atoms with Crippen molar-refractivity contribution >= 4 is 10.0 Å². The van der Waals surface area contributed by atoms with Crippen LogP contribution >= 0.6 is 0 Å². The standard InChI is InChI=1S/C13H26N2O2S/c1-3-18(16,17)14-8-9-15-11(2)10-12-6-4-5-7-13(12)15/h11-14H,3-10H2,1-2H3/t11-,12+,13-/m1/s1. The Bertz CT molecular complexity index is 369. The summed E-state index contributed by atoms with van der Waals surface area (Å²) in [5, 5.41) is 0. The van der Waals surface area contributed by atoms with E-state index in [1.807, 2.05) is 0 Å². The molecular formula is C13H26N2O2S. The molecule has 0 unspecified atom stereocenters. The summed E-state index contributed by atoms with van der Waals surface area (Å²) in [6.45, 7) is 5.38. The van der Waals surface area contributed by atoms with Gasteiger partial charge in [0.2, 0.25) is 10.0 Å². The summed E-state index contributed by atoms with van der Waals surface area (Å²) in [6.07, 6.45) is 6.68. The molecule has 0 radical (unpaired) electrons. The van der Waals surface area contributed by atoms with Gasteiger partial charge in [-0.3, -0.25) is 4.90 Å². The molecule has 4 nitrogen and oxygen atoms in total. The van der Waals surface area contributed by atoms with Gasteiger partial charge in [-0.2, -0.15) is 0 Å². The first-order valence-electron chi connectivity index (χ1n) is 7.26. The van der Waals surface area contributed by atoms with Gasteiger partial charge >= 0.3 is 0 Å². The highest BCUT2D eigenvalue weighted by Crippen LogP contribution is 2.39. The van der Waals surface area contributed by atoms with E-state index in [1.54, 1.807) is 6.92 Å². The zero-order chi connectivity index (χ0) is 13.2. The molecule has 1 saturated heterocycles. The van der Waals surface area contributed by atoms with Crippen LogP contribution in [0.4, 0.5) is 0 Å². The van der Waals surface area contributed by atoms with E-state index in [4.69, 9.17) is 0 Å².